The number of rotatable bonds is 3. The average Bonchev–Trinajstić information content (AvgIpc) is 2.59. The summed E-state index contributed by atoms with van der Waals surface area (Å²) in [6.07, 6.45) is 6.12. The summed E-state index contributed by atoms with van der Waals surface area (Å²) in [5, 5.41) is 2.93. The Kier molecular flexibility index (Phi) is 5.06. The minimum atomic E-state index is -0.330. The van der Waals surface area contributed by atoms with Crippen molar-refractivity contribution in [2.24, 2.45) is 11.8 Å². The number of amides is 2. The van der Waals surface area contributed by atoms with Crippen LogP contribution >= 0.6 is 0 Å². The zero-order chi connectivity index (χ0) is 14.7. The highest BCUT2D eigenvalue weighted by Gasteiger charge is 2.38. The molecule has 0 aromatic carbocycles. The minimum Gasteiger partial charge on any atom is -0.344 e. The van der Waals surface area contributed by atoms with Gasteiger partial charge in [0.15, 0.2) is 0 Å². The zero-order valence-electron chi connectivity index (χ0n) is 13.0. The summed E-state index contributed by atoms with van der Waals surface area (Å²) in [7, 11) is 0. The molecule has 1 N–H and O–H groups in total. The largest absolute Gasteiger partial charge is 0.344 e. The second kappa shape index (κ2) is 6.59. The molecule has 0 aromatic heterocycles. The van der Waals surface area contributed by atoms with Gasteiger partial charge in [0.25, 0.3) is 0 Å². The van der Waals surface area contributed by atoms with E-state index in [0.717, 1.165) is 12.8 Å². The van der Waals surface area contributed by atoms with Crippen LogP contribution in [0.25, 0.3) is 0 Å². The van der Waals surface area contributed by atoms with E-state index in [4.69, 9.17) is 0 Å². The van der Waals surface area contributed by atoms with Gasteiger partial charge >= 0.3 is 0 Å². The highest BCUT2D eigenvalue weighted by atomic mass is 16.2. The molecule has 0 bridgehead atoms. The molecule has 4 heteroatoms. The molecule has 1 aliphatic carbocycles. The molecule has 2 rings (SSSR count). The van der Waals surface area contributed by atoms with Gasteiger partial charge in [-0.05, 0) is 24.7 Å². The molecule has 2 fully saturated rings. The molecule has 114 valence electrons. The van der Waals surface area contributed by atoms with Crippen LogP contribution in [0.4, 0.5) is 0 Å². The summed E-state index contributed by atoms with van der Waals surface area (Å²) >= 11 is 0. The highest BCUT2D eigenvalue weighted by molar-refractivity contribution is 5.90. The molecule has 0 radical (unpaired) electrons. The van der Waals surface area contributed by atoms with Crippen molar-refractivity contribution in [3.8, 4) is 0 Å². The Morgan fingerprint density at radius 2 is 2.00 bits per heavy atom. The second-order valence-electron chi connectivity index (χ2n) is 6.54. The molecule has 1 saturated heterocycles. The fraction of sp³-hybridized carbons (Fsp3) is 0.875. The van der Waals surface area contributed by atoms with Gasteiger partial charge in [0, 0.05) is 19.0 Å². The molecule has 4 nitrogen and oxygen atoms in total. The van der Waals surface area contributed by atoms with Crippen LogP contribution in [0.15, 0.2) is 0 Å². The third-order valence-electron chi connectivity index (χ3n) is 5.12. The zero-order valence-corrected chi connectivity index (χ0v) is 13.0. The van der Waals surface area contributed by atoms with Crippen LogP contribution in [-0.2, 0) is 9.59 Å². The van der Waals surface area contributed by atoms with E-state index in [1.165, 1.54) is 19.3 Å². The Balaban J connectivity index is 2.18. The fourth-order valence-corrected chi connectivity index (χ4v) is 3.53. The normalized spacial score (nSPS) is 33.5. The molecule has 0 spiro atoms. The van der Waals surface area contributed by atoms with Crippen molar-refractivity contribution in [2.45, 2.75) is 71.4 Å². The molecule has 20 heavy (non-hydrogen) atoms. The summed E-state index contributed by atoms with van der Waals surface area (Å²) in [4.78, 5) is 26.7. The van der Waals surface area contributed by atoms with E-state index in [2.05, 4.69) is 26.1 Å². The van der Waals surface area contributed by atoms with Gasteiger partial charge < -0.3 is 10.2 Å². The molecule has 1 aliphatic heterocycles. The molecule has 0 aromatic rings. The minimum absolute atomic E-state index is 0.0228. The predicted molar refractivity (Wildman–Crippen MR) is 79.1 cm³/mol. The van der Waals surface area contributed by atoms with E-state index in [0.29, 0.717) is 24.9 Å². The molecule has 4 atom stereocenters. The van der Waals surface area contributed by atoms with E-state index in [9.17, 15) is 9.59 Å². The van der Waals surface area contributed by atoms with E-state index >= 15 is 0 Å². The maximum absolute atomic E-state index is 12.8. The highest BCUT2D eigenvalue weighted by Crippen LogP contribution is 2.30. The fourth-order valence-electron chi connectivity index (χ4n) is 3.53. The first-order valence-electron chi connectivity index (χ1n) is 8.14. The van der Waals surface area contributed by atoms with Crippen LogP contribution in [0.1, 0.15) is 59.3 Å². The van der Waals surface area contributed by atoms with Gasteiger partial charge in [0.05, 0.1) is 0 Å². The first-order chi connectivity index (χ1) is 9.54. The van der Waals surface area contributed by atoms with Gasteiger partial charge in [0.2, 0.25) is 11.8 Å². The number of nitrogens with one attached hydrogen (secondary N) is 1. The Labute approximate surface area is 122 Å². The summed E-state index contributed by atoms with van der Waals surface area (Å²) < 4.78 is 0. The Morgan fingerprint density at radius 3 is 2.65 bits per heavy atom. The number of nitrogens with zero attached hydrogens (tertiary/aromatic N) is 1. The lowest BCUT2D eigenvalue weighted by atomic mass is 9.84. The lowest BCUT2D eigenvalue weighted by Gasteiger charge is -2.39. The Bertz CT molecular complexity index is 369. The molecular weight excluding hydrogens is 252 g/mol. The van der Waals surface area contributed by atoms with Crippen LogP contribution in [0.3, 0.4) is 0 Å². The maximum Gasteiger partial charge on any atom is 0.245 e. The van der Waals surface area contributed by atoms with E-state index < -0.39 is 0 Å². The standard InChI is InChI=1S/C16H28N2O2/c1-4-11(2)15-16(20)18(10-9-14(19)17-15)13-8-6-5-7-12(13)3/h11-13,15H,4-10H2,1-3H3,(H,17,19). The van der Waals surface area contributed by atoms with E-state index in [-0.39, 0.29) is 23.8 Å². The van der Waals surface area contributed by atoms with Crippen molar-refractivity contribution in [2.75, 3.05) is 6.54 Å². The predicted octanol–water partition coefficient (Wildman–Crippen LogP) is 2.33. The van der Waals surface area contributed by atoms with Crippen molar-refractivity contribution in [1.29, 1.82) is 0 Å². The van der Waals surface area contributed by atoms with Crippen LogP contribution in [0, 0.1) is 11.8 Å². The number of hydrogen-bond acceptors (Lipinski definition) is 2. The van der Waals surface area contributed by atoms with E-state index in [1.54, 1.807) is 0 Å². The Morgan fingerprint density at radius 1 is 1.30 bits per heavy atom. The van der Waals surface area contributed by atoms with Gasteiger partial charge in [-0.25, -0.2) is 0 Å². The van der Waals surface area contributed by atoms with Crippen molar-refractivity contribution >= 4 is 11.8 Å². The smallest absolute Gasteiger partial charge is 0.245 e. The molecule has 1 saturated carbocycles. The summed E-state index contributed by atoms with van der Waals surface area (Å²) in [6, 6.07) is -0.000340. The number of carbonyl (C=O) groups excluding carboxylic acids is 2. The molecule has 1 heterocycles. The molecule has 4 unspecified atom stereocenters. The van der Waals surface area contributed by atoms with Gasteiger partial charge in [-0.3, -0.25) is 9.59 Å². The number of hydrogen-bond donors (Lipinski definition) is 1. The lowest BCUT2D eigenvalue weighted by Crippen LogP contribution is -2.53. The maximum atomic E-state index is 12.8. The van der Waals surface area contributed by atoms with Gasteiger partial charge in [0.1, 0.15) is 6.04 Å². The molecule has 2 amide bonds. The van der Waals surface area contributed by atoms with Crippen LogP contribution in [0.2, 0.25) is 0 Å². The van der Waals surface area contributed by atoms with Crippen LogP contribution < -0.4 is 5.32 Å². The van der Waals surface area contributed by atoms with Crippen LogP contribution in [0.5, 0.6) is 0 Å². The summed E-state index contributed by atoms with van der Waals surface area (Å²) in [6.45, 7) is 6.96. The van der Waals surface area contributed by atoms with Crippen molar-refractivity contribution in [3.05, 3.63) is 0 Å². The van der Waals surface area contributed by atoms with Crippen LogP contribution in [-0.4, -0.2) is 35.3 Å². The van der Waals surface area contributed by atoms with Gasteiger partial charge in [-0.15, -0.1) is 0 Å². The summed E-state index contributed by atoms with van der Waals surface area (Å²) in [5.74, 6) is 0.919. The number of carbonyl (C=O) groups is 2. The summed E-state index contributed by atoms with van der Waals surface area (Å²) in [5.41, 5.74) is 0. The SMILES string of the molecule is CCC(C)C1NC(=O)CCN(C2CCCCC2C)C1=O. The average molecular weight is 280 g/mol. The third kappa shape index (κ3) is 3.15. The van der Waals surface area contributed by atoms with E-state index in [1.807, 2.05) is 4.90 Å². The first-order valence-corrected chi connectivity index (χ1v) is 8.14. The third-order valence-corrected chi connectivity index (χ3v) is 5.12. The Hall–Kier alpha value is -1.06. The monoisotopic (exact) mass is 280 g/mol. The van der Waals surface area contributed by atoms with Gasteiger partial charge in [-0.2, -0.15) is 0 Å². The first kappa shape index (κ1) is 15.3. The quantitative estimate of drug-likeness (QED) is 0.862. The molecular formula is C16H28N2O2. The van der Waals surface area contributed by atoms with Crippen molar-refractivity contribution in [1.82, 2.24) is 10.2 Å². The van der Waals surface area contributed by atoms with Crippen molar-refractivity contribution in [3.63, 3.8) is 0 Å². The topological polar surface area (TPSA) is 49.4 Å². The van der Waals surface area contributed by atoms with Crippen molar-refractivity contribution < 1.29 is 9.59 Å². The second-order valence-corrected chi connectivity index (χ2v) is 6.54. The molecule has 2 aliphatic rings. The lowest BCUT2D eigenvalue weighted by molar-refractivity contribution is -0.138. The van der Waals surface area contributed by atoms with Gasteiger partial charge in [-0.1, -0.05) is 40.0 Å².